The molecule has 5 nitrogen and oxygen atoms in total. The average molecular weight is 223 g/mol. The lowest BCUT2D eigenvalue weighted by molar-refractivity contribution is 0.139. The highest BCUT2D eigenvalue weighted by molar-refractivity contribution is 5.65. The summed E-state index contributed by atoms with van der Waals surface area (Å²) in [5.74, 6) is 0. The number of fused-ring (bicyclic) bond motifs is 1. The number of aromatic nitrogens is 2. The van der Waals surface area contributed by atoms with E-state index in [1.807, 2.05) is 4.68 Å². The summed E-state index contributed by atoms with van der Waals surface area (Å²) in [6, 6.07) is 0. The van der Waals surface area contributed by atoms with Gasteiger partial charge >= 0.3 is 6.09 Å². The third-order valence-corrected chi connectivity index (χ3v) is 2.84. The third-order valence-electron chi connectivity index (χ3n) is 2.84. The van der Waals surface area contributed by atoms with E-state index in [0.29, 0.717) is 13.1 Å². The number of carbonyl (C=O) groups is 1. The van der Waals surface area contributed by atoms with Gasteiger partial charge in [-0.05, 0) is 20.8 Å². The van der Waals surface area contributed by atoms with Crippen LogP contribution in [0.25, 0.3) is 0 Å². The van der Waals surface area contributed by atoms with Crippen LogP contribution in [0.2, 0.25) is 0 Å². The molecule has 0 unspecified atom stereocenters. The molecule has 88 valence electrons. The summed E-state index contributed by atoms with van der Waals surface area (Å²) in [4.78, 5) is 12.3. The number of hydrogen-bond donors (Lipinski definition) is 1. The zero-order chi connectivity index (χ0) is 11.9. The fraction of sp³-hybridized carbons (Fsp3) is 0.636. The van der Waals surface area contributed by atoms with Gasteiger partial charge in [0.2, 0.25) is 0 Å². The minimum absolute atomic E-state index is 0.0427. The third kappa shape index (κ3) is 1.77. The molecule has 2 rings (SSSR count). The van der Waals surface area contributed by atoms with Crippen molar-refractivity contribution in [2.24, 2.45) is 0 Å². The first-order valence-corrected chi connectivity index (χ1v) is 5.43. The maximum absolute atomic E-state index is 10.9. The van der Waals surface area contributed by atoms with Gasteiger partial charge in [-0.2, -0.15) is 5.10 Å². The molecule has 1 aliphatic rings. The molecule has 0 aliphatic carbocycles. The average Bonchev–Trinajstić information content (AvgIpc) is 2.58. The first-order chi connectivity index (χ1) is 7.39. The Morgan fingerprint density at radius 1 is 1.50 bits per heavy atom. The molecule has 0 atom stereocenters. The minimum Gasteiger partial charge on any atom is -0.465 e. The summed E-state index contributed by atoms with van der Waals surface area (Å²) in [7, 11) is 0. The molecule has 1 aromatic rings. The molecule has 1 aliphatic heterocycles. The van der Waals surface area contributed by atoms with Crippen molar-refractivity contribution in [1.29, 1.82) is 0 Å². The van der Waals surface area contributed by atoms with Crippen molar-refractivity contribution in [1.82, 2.24) is 14.7 Å². The predicted octanol–water partition coefficient (Wildman–Crippen LogP) is 1.67. The van der Waals surface area contributed by atoms with E-state index >= 15 is 0 Å². The Morgan fingerprint density at radius 3 is 2.75 bits per heavy atom. The summed E-state index contributed by atoms with van der Waals surface area (Å²) < 4.78 is 2.00. The fourth-order valence-electron chi connectivity index (χ4n) is 2.07. The second-order valence-electron chi connectivity index (χ2n) is 5.15. The van der Waals surface area contributed by atoms with Gasteiger partial charge < -0.3 is 10.0 Å². The van der Waals surface area contributed by atoms with Gasteiger partial charge in [0.15, 0.2) is 0 Å². The van der Waals surface area contributed by atoms with Crippen LogP contribution < -0.4 is 0 Å². The van der Waals surface area contributed by atoms with Gasteiger partial charge in [0.1, 0.15) is 0 Å². The zero-order valence-corrected chi connectivity index (χ0v) is 9.90. The summed E-state index contributed by atoms with van der Waals surface area (Å²) in [5, 5.41) is 13.3. The monoisotopic (exact) mass is 223 g/mol. The quantitative estimate of drug-likeness (QED) is 0.728. The van der Waals surface area contributed by atoms with Crippen molar-refractivity contribution in [3.8, 4) is 0 Å². The highest BCUT2D eigenvalue weighted by Gasteiger charge is 2.27. The number of carboxylic acid groups (broad SMARTS) is 1. The Bertz CT molecular complexity index is 417. The summed E-state index contributed by atoms with van der Waals surface area (Å²) in [6.45, 7) is 7.32. The number of hydrogen-bond acceptors (Lipinski definition) is 2. The van der Waals surface area contributed by atoms with E-state index in [1.54, 1.807) is 6.20 Å². The molecule has 1 aromatic heterocycles. The van der Waals surface area contributed by atoms with E-state index in [4.69, 9.17) is 5.11 Å². The number of nitrogens with zero attached hydrogens (tertiary/aromatic N) is 3. The zero-order valence-electron chi connectivity index (χ0n) is 9.90. The molecular formula is C11H17N3O2. The van der Waals surface area contributed by atoms with Crippen LogP contribution in [0.4, 0.5) is 4.79 Å². The van der Waals surface area contributed by atoms with Crippen molar-refractivity contribution >= 4 is 6.09 Å². The smallest absolute Gasteiger partial charge is 0.407 e. The van der Waals surface area contributed by atoms with E-state index in [2.05, 4.69) is 25.9 Å². The Morgan fingerprint density at radius 2 is 2.19 bits per heavy atom. The molecule has 0 bridgehead atoms. The molecule has 1 amide bonds. The largest absolute Gasteiger partial charge is 0.465 e. The van der Waals surface area contributed by atoms with Gasteiger partial charge in [-0.3, -0.25) is 4.68 Å². The molecule has 0 radical (unpaired) electrons. The van der Waals surface area contributed by atoms with Crippen molar-refractivity contribution in [2.45, 2.75) is 39.3 Å². The van der Waals surface area contributed by atoms with Crippen LogP contribution in [-0.2, 0) is 18.5 Å². The Kier molecular flexibility index (Phi) is 2.40. The second kappa shape index (κ2) is 3.50. The molecule has 0 saturated carbocycles. The fourth-order valence-corrected chi connectivity index (χ4v) is 2.07. The number of amides is 1. The van der Waals surface area contributed by atoms with Crippen LogP contribution in [0.5, 0.6) is 0 Å². The van der Waals surface area contributed by atoms with Crippen LogP contribution >= 0.6 is 0 Å². The van der Waals surface area contributed by atoms with Gasteiger partial charge in [-0.1, -0.05) is 0 Å². The van der Waals surface area contributed by atoms with E-state index in [1.165, 1.54) is 10.6 Å². The van der Waals surface area contributed by atoms with E-state index in [-0.39, 0.29) is 5.54 Å². The van der Waals surface area contributed by atoms with Crippen molar-refractivity contribution in [2.75, 3.05) is 6.54 Å². The molecule has 1 N–H and O–H groups in total. The molecule has 0 fully saturated rings. The maximum atomic E-state index is 10.9. The van der Waals surface area contributed by atoms with E-state index < -0.39 is 6.09 Å². The highest BCUT2D eigenvalue weighted by atomic mass is 16.4. The van der Waals surface area contributed by atoms with Crippen molar-refractivity contribution in [3.63, 3.8) is 0 Å². The minimum atomic E-state index is -0.853. The van der Waals surface area contributed by atoms with Crippen molar-refractivity contribution < 1.29 is 9.90 Å². The van der Waals surface area contributed by atoms with E-state index in [0.717, 1.165) is 12.0 Å². The topological polar surface area (TPSA) is 58.4 Å². The highest BCUT2D eigenvalue weighted by Crippen LogP contribution is 2.24. The second-order valence-corrected chi connectivity index (χ2v) is 5.15. The summed E-state index contributed by atoms with van der Waals surface area (Å²) in [5.41, 5.74) is 2.16. The normalized spacial score (nSPS) is 16.1. The Balaban J connectivity index is 2.31. The summed E-state index contributed by atoms with van der Waals surface area (Å²) in [6.07, 6.45) is 1.68. The SMILES string of the molecule is CC(C)(C)n1ncc2c1CCN(C(=O)O)C2. The Labute approximate surface area is 94.7 Å². The maximum Gasteiger partial charge on any atom is 0.407 e. The Hall–Kier alpha value is -1.52. The molecule has 16 heavy (non-hydrogen) atoms. The van der Waals surface area contributed by atoms with Crippen molar-refractivity contribution in [3.05, 3.63) is 17.5 Å². The van der Waals surface area contributed by atoms with Gasteiger partial charge in [0.25, 0.3) is 0 Å². The van der Waals surface area contributed by atoms with Crippen LogP contribution in [-0.4, -0.2) is 32.4 Å². The van der Waals surface area contributed by atoms with Gasteiger partial charge in [-0.25, -0.2) is 4.79 Å². The van der Waals surface area contributed by atoms with Crippen LogP contribution in [0.1, 0.15) is 32.0 Å². The van der Waals surface area contributed by atoms with Crippen LogP contribution in [0.15, 0.2) is 6.20 Å². The lowest BCUT2D eigenvalue weighted by atomic mass is 10.0. The molecular weight excluding hydrogens is 206 g/mol. The molecule has 0 aromatic carbocycles. The van der Waals surface area contributed by atoms with E-state index in [9.17, 15) is 4.79 Å². The predicted molar refractivity (Wildman–Crippen MR) is 59.4 cm³/mol. The van der Waals surface area contributed by atoms with Crippen LogP contribution in [0, 0.1) is 0 Å². The molecule has 2 heterocycles. The molecule has 0 saturated heterocycles. The van der Waals surface area contributed by atoms with Gasteiger partial charge in [0.05, 0.1) is 18.3 Å². The first kappa shape index (κ1) is 11.0. The number of rotatable bonds is 0. The first-order valence-electron chi connectivity index (χ1n) is 5.43. The molecule has 0 spiro atoms. The van der Waals surface area contributed by atoms with Gasteiger partial charge in [-0.15, -0.1) is 0 Å². The van der Waals surface area contributed by atoms with Gasteiger partial charge in [0, 0.05) is 24.2 Å². The summed E-state index contributed by atoms with van der Waals surface area (Å²) >= 11 is 0. The lowest BCUT2D eigenvalue weighted by Crippen LogP contribution is -2.36. The standard InChI is InChI=1S/C11H17N3O2/c1-11(2,3)14-9-4-5-13(10(15)16)7-8(9)6-12-14/h6H,4-5,7H2,1-3H3,(H,15,16). The molecule has 5 heteroatoms. The lowest BCUT2D eigenvalue weighted by Gasteiger charge is -2.28. The van der Waals surface area contributed by atoms with Crippen LogP contribution in [0.3, 0.4) is 0 Å².